The van der Waals surface area contributed by atoms with Gasteiger partial charge in [0.05, 0.1) is 4.90 Å². The highest BCUT2D eigenvalue weighted by Gasteiger charge is 2.23. The molecule has 106 valence electrons. The number of benzene rings is 1. The minimum atomic E-state index is -3.55. The van der Waals surface area contributed by atoms with Crippen molar-refractivity contribution in [3.63, 3.8) is 0 Å². The maximum Gasteiger partial charge on any atom is 0.243 e. The zero-order valence-corrected chi connectivity index (χ0v) is 12.7. The first-order chi connectivity index (χ1) is 9.41. The third kappa shape index (κ3) is 4.09. The monoisotopic (exact) mass is 289 g/mol. The van der Waals surface area contributed by atoms with E-state index in [-0.39, 0.29) is 18.0 Å². The Balaban J connectivity index is 3.19. The molecule has 1 aromatic rings. The molecule has 0 saturated carbocycles. The van der Waals surface area contributed by atoms with Crippen LogP contribution in [-0.4, -0.2) is 25.8 Å². The van der Waals surface area contributed by atoms with E-state index in [4.69, 9.17) is 0 Å². The third-order valence-corrected chi connectivity index (χ3v) is 4.64. The number of sulfonamides is 1. The number of rotatable bonds is 6. The molecule has 0 unspecified atom stereocenters. The highest BCUT2D eigenvalue weighted by molar-refractivity contribution is 7.89. The van der Waals surface area contributed by atoms with E-state index in [2.05, 4.69) is 24.6 Å². The number of hydrogen-bond donors (Lipinski definition) is 0. The van der Waals surface area contributed by atoms with E-state index < -0.39 is 10.0 Å². The average Bonchev–Trinajstić information content (AvgIpc) is 2.43. The summed E-state index contributed by atoms with van der Waals surface area (Å²) in [5, 5.41) is 0. The molecule has 0 aliphatic carbocycles. The lowest BCUT2D eigenvalue weighted by atomic mass is 10.2. The summed E-state index contributed by atoms with van der Waals surface area (Å²) >= 11 is 0. The summed E-state index contributed by atoms with van der Waals surface area (Å²) in [7, 11) is -3.55. The molecule has 0 aliphatic heterocycles. The predicted molar refractivity (Wildman–Crippen MR) is 82.0 cm³/mol. The van der Waals surface area contributed by atoms with E-state index in [1.807, 2.05) is 6.92 Å². The van der Waals surface area contributed by atoms with Crippen molar-refractivity contribution >= 4 is 10.0 Å². The largest absolute Gasteiger partial charge is 0.243 e. The molecule has 0 amide bonds. The Labute approximate surface area is 121 Å². The molecule has 0 atom stereocenters. The molecule has 0 aromatic heterocycles. The Morgan fingerprint density at radius 3 is 2.40 bits per heavy atom. The lowest BCUT2D eigenvalue weighted by molar-refractivity contribution is 0.467. The number of hydrogen-bond acceptors (Lipinski definition) is 2. The van der Waals surface area contributed by atoms with Gasteiger partial charge in [0.25, 0.3) is 0 Å². The van der Waals surface area contributed by atoms with Gasteiger partial charge >= 0.3 is 0 Å². The van der Waals surface area contributed by atoms with E-state index in [9.17, 15) is 8.42 Å². The first-order valence-electron chi connectivity index (χ1n) is 6.18. The summed E-state index contributed by atoms with van der Waals surface area (Å²) in [5.41, 5.74) is 7.09. The van der Waals surface area contributed by atoms with E-state index in [1.165, 1.54) is 4.31 Å². The zero-order valence-electron chi connectivity index (χ0n) is 11.9. The highest BCUT2D eigenvalue weighted by atomic mass is 32.2. The maximum atomic E-state index is 12.6. The molecule has 0 fully saturated rings. The van der Waals surface area contributed by atoms with Crippen molar-refractivity contribution in [1.82, 2.24) is 4.31 Å². The molecule has 1 aromatic carbocycles. The second-order valence-corrected chi connectivity index (χ2v) is 6.41. The van der Waals surface area contributed by atoms with E-state index >= 15 is 0 Å². The van der Waals surface area contributed by atoms with E-state index in [0.29, 0.717) is 0 Å². The van der Waals surface area contributed by atoms with Crippen LogP contribution in [0.15, 0.2) is 65.4 Å². The summed E-state index contributed by atoms with van der Waals surface area (Å²) in [5.74, 6) is 0. The SMILES string of the molecule is C=C=CCN(CC(C)=C=C)S(=O)(=O)c1ccc(C)cc1. The fourth-order valence-corrected chi connectivity index (χ4v) is 3.01. The Kier molecular flexibility index (Phi) is 5.75. The summed E-state index contributed by atoms with van der Waals surface area (Å²) in [6, 6.07) is 6.79. The quantitative estimate of drug-likeness (QED) is 0.755. The smallest absolute Gasteiger partial charge is 0.207 e. The molecule has 0 heterocycles. The van der Waals surface area contributed by atoms with Crippen molar-refractivity contribution in [1.29, 1.82) is 0 Å². The lowest BCUT2D eigenvalue weighted by Crippen LogP contribution is -2.32. The van der Waals surface area contributed by atoms with Crippen molar-refractivity contribution in [3.05, 3.63) is 66.1 Å². The molecule has 20 heavy (non-hydrogen) atoms. The minimum Gasteiger partial charge on any atom is -0.207 e. The van der Waals surface area contributed by atoms with E-state index in [0.717, 1.165) is 11.1 Å². The normalized spacial score (nSPS) is 10.8. The number of nitrogens with zero attached hydrogens (tertiary/aromatic N) is 1. The summed E-state index contributed by atoms with van der Waals surface area (Å²) < 4.78 is 26.5. The molecular weight excluding hydrogens is 270 g/mol. The first-order valence-corrected chi connectivity index (χ1v) is 7.62. The van der Waals surface area contributed by atoms with Gasteiger partial charge in [-0.15, -0.1) is 11.5 Å². The molecular formula is C16H19NO2S. The Morgan fingerprint density at radius 1 is 1.30 bits per heavy atom. The van der Waals surface area contributed by atoms with Gasteiger partial charge in [-0.3, -0.25) is 0 Å². The third-order valence-electron chi connectivity index (χ3n) is 2.81. The standard InChI is InChI=1S/C16H19NO2S/c1-5-7-12-17(13-14(3)6-2)20(18,19)16-10-8-15(4)9-11-16/h7-11H,1-2,12-13H2,3-4H3. The van der Waals surface area contributed by atoms with Gasteiger partial charge in [-0.1, -0.05) is 30.9 Å². The fourth-order valence-electron chi connectivity index (χ4n) is 1.59. The van der Waals surface area contributed by atoms with Gasteiger partial charge in [-0.05, 0) is 37.6 Å². The maximum absolute atomic E-state index is 12.6. The van der Waals surface area contributed by atoms with E-state index in [1.54, 1.807) is 37.3 Å². The van der Waals surface area contributed by atoms with Gasteiger partial charge in [0.1, 0.15) is 0 Å². The van der Waals surface area contributed by atoms with Crippen LogP contribution in [0.2, 0.25) is 0 Å². The van der Waals surface area contributed by atoms with Crippen molar-refractivity contribution in [2.24, 2.45) is 0 Å². The van der Waals surface area contributed by atoms with Crippen LogP contribution < -0.4 is 0 Å². The molecule has 0 radical (unpaired) electrons. The Hall–Kier alpha value is -1.83. The first kappa shape index (κ1) is 16.2. The highest BCUT2D eigenvalue weighted by Crippen LogP contribution is 2.17. The van der Waals surface area contributed by atoms with Crippen LogP contribution in [0, 0.1) is 6.92 Å². The van der Waals surface area contributed by atoms with Gasteiger partial charge < -0.3 is 0 Å². The van der Waals surface area contributed by atoms with Crippen LogP contribution >= 0.6 is 0 Å². The van der Waals surface area contributed by atoms with Crippen LogP contribution in [0.25, 0.3) is 0 Å². The second kappa shape index (κ2) is 7.09. The van der Waals surface area contributed by atoms with Crippen molar-refractivity contribution in [2.45, 2.75) is 18.7 Å². The molecule has 0 saturated heterocycles. The van der Waals surface area contributed by atoms with Gasteiger partial charge in [-0.2, -0.15) is 4.31 Å². The fraction of sp³-hybridized carbons (Fsp3) is 0.250. The van der Waals surface area contributed by atoms with Crippen LogP contribution in [0.1, 0.15) is 12.5 Å². The zero-order chi connectivity index (χ0) is 15.2. The molecule has 1 rings (SSSR count). The Bertz CT molecular complexity index is 659. The predicted octanol–water partition coefficient (Wildman–Crippen LogP) is 3.06. The molecule has 0 aliphatic rings. The molecule has 0 bridgehead atoms. The van der Waals surface area contributed by atoms with Crippen molar-refractivity contribution in [3.8, 4) is 0 Å². The van der Waals surface area contributed by atoms with Crippen molar-refractivity contribution in [2.75, 3.05) is 13.1 Å². The van der Waals surface area contributed by atoms with Crippen LogP contribution in [0.5, 0.6) is 0 Å². The second-order valence-electron chi connectivity index (χ2n) is 4.48. The summed E-state index contributed by atoms with van der Waals surface area (Å²) in [4.78, 5) is 0.275. The lowest BCUT2D eigenvalue weighted by Gasteiger charge is -2.20. The van der Waals surface area contributed by atoms with Gasteiger partial charge in [0, 0.05) is 13.1 Å². The summed E-state index contributed by atoms with van der Waals surface area (Å²) in [6.07, 6.45) is 1.59. The van der Waals surface area contributed by atoms with Gasteiger partial charge in [0.2, 0.25) is 10.0 Å². The van der Waals surface area contributed by atoms with Crippen LogP contribution in [0.3, 0.4) is 0 Å². The number of aryl methyl sites for hydroxylation is 1. The van der Waals surface area contributed by atoms with Crippen LogP contribution in [0.4, 0.5) is 0 Å². The van der Waals surface area contributed by atoms with Gasteiger partial charge in [0.15, 0.2) is 0 Å². The molecule has 4 heteroatoms. The molecule has 3 nitrogen and oxygen atoms in total. The topological polar surface area (TPSA) is 37.4 Å². The van der Waals surface area contributed by atoms with Crippen molar-refractivity contribution < 1.29 is 8.42 Å². The Morgan fingerprint density at radius 2 is 1.90 bits per heavy atom. The molecule has 0 N–H and O–H groups in total. The average molecular weight is 289 g/mol. The minimum absolute atomic E-state index is 0.221. The van der Waals surface area contributed by atoms with Crippen LogP contribution in [-0.2, 0) is 10.0 Å². The molecule has 0 spiro atoms. The van der Waals surface area contributed by atoms with Gasteiger partial charge in [-0.25, -0.2) is 8.42 Å². The summed E-state index contributed by atoms with van der Waals surface area (Å²) in [6.45, 7) is 11.2.